The largest absolute Gasteiger partial charge is 0.480 e. The predicted molar refractivity (Wildman–Crippen MR) is 89.1 cm³/mol. The molecule has 0 fully saturated rings. The molecular weight excluding hydrogens is 312 g/mol. The summed E-state index contributed by atoms with van der Waals surface area (Å²) in [6.45, 7) is 0. The topological polar surface area (TPSA) is 72.1 Å². The van der Waals surface area contributed by atoms with E-state index in [-0.39, 0.29) is 0 Å². The highest BCUT2D eigenvalue weighted by molar-refractivity contribution is 7.90. The van der Waals surface area contributed by atoms with Crippen molar-refractivity contribution < 1.29 is 13.2 Å². The number of aromatic nitrogens is 2. The van der Waals surface area contributed by atoms with E-state index in [1.807, 2.05) is 36.4 Å². The van der Waals surface area contributed by atoms with Crippen LogP contribution in [0.25, 0.3) is 22.4 Å². The summed E-state index contributed by atoms with van der Waals surface area (Å²) < 4.78 is 28.4. The normalized spacial score (nSPS) is 11.4. The number of benzene rings is 2. The van der Waals surface area contributed by atoms with Gasteiger partial charge >= 0.3 is 0 Å². The van der Waals surface area contributed by atoms with Gasteiger partial charge in [-0.2, -0.15) is 0 Å². The number of hydrogen-bond donors (Lipinski definition) is 1. The molecule has 0 unspecified atom stereocenters. The minimum atomic E-state index is -3.21. The van der Waals surface area contributed by atoms with Gasteiger partial charge in [0, 0.05) is 12.3 Å². The van der Waals surface area contributed by atoms with Crippen LogP contribution < -0.4 is 4.74 Å². The summed E-state index contributed by atoms with van der Waals surface area (Å²) in [4.78, 5) is 0.317. The van der Waals surface area contributed by atoms with E-state index in [0.29, 0.717) is 10.8 Å². The number of nitrogens with zero attached hydrogens (tertiary/aromatic N) is 1. The molecular formula is C17H16N2O3S. The fraction of sp³-hybridized carbons (Fsp3) is 0.118. The lowest BCUT2D eigenvalue weighted by atomic mass is 10.0. The zero-order chi connectivity index (χ0) is 16.4. The third-order valence-electron chi connectivity index (χ3n) is 3.55. The van der Waals surface area contributed by atoms with Crippen molar-refractivity contribution in [3.8, 4) is 28.3 Å². The maximum Gasteiger partial charge on any atom is 0.232 e. The van der Waals surface area contributed by atoms with Gasteiger partial charge in [0.1, 0.15) is 0 Å². The second kappa shape index (κ2) is 5.89. The minimum Gasteiger partial charge on any atom is -0.480 e. The Hall–Kier alpha value is -2.60. The summed E-state index contributed by atoms with van der Waals surface area (Å²) in [7, 11) is -1.64. The van der Waals surface area contributed by atoms with Crippen LogP contribution in [-0.2, 0) is 9.84 Å². The Labute approximate surface area is 134 Å². The number of sulfone groups is 1. The smallest absolute Gasteiger partial charge is 0.232 e. The minimum absolute atomic E-state index is 0.317. The molecule has 0 aliphatic heterocycles. The van der Waals surface area contributed by atoms with Crippen molar-refractivity contribution in [2.45, 2.75) is 4.90 Å². The van der Waals surface area contributed by atoms with E-state index in [1.54, 1.807) is 25.3 Å². The third kappa shape index (κ3) is 3.27. The number of aromatic amines is 1. The maximum atomic E-state index is 11.7. The van der Waals surface area contributed by atoms with Crippen LogP contribution in [0.5, 0.6) is 5.88 Å². The second-order valence-electron chi connectivity index (χ2n) is 5.20. The quantitative estimate of drug-likeness (QED) is 0.798. The Kier molecular flexibility index (Phi) is 3.92. The average Bonchev–Trinajstić information content (AvgIpc) is 3.03. The first kappa shape index (κ1) is 15.3. The van der Waals surface area contributed by atoms with Crippen LogP contribution in [0.4, 0.5) is 0 Å². The van der Waals surface area contributed by atoms with Crippen molar-refractivity contribution in [2.75, 3.05) is 13.4 Å². The first-order chi connectivity index (χ1) is 11.0. The van der Waals surface area contributed by atoms with Crippen LogP contribution in [-0.4, -0.2) is 32.0 Å². The van der Waals surface area contributed by atoms with Gasteiger partial charge in [0.2, 0.25) is 5.88 Å². The summed E-state index contributed by atoms with van der Waals surface area (Å²) in [5, 5.41) is 6.92. The Morgan fingerprint density at radius 2 is 1.65 bits per heavy atom. The van der Waals surface area contributed by atoms with Gasteiger partial charge in [-0.3, -0.25) is 5.10 Å². The van der Waals surface area contributed by atoms with Crippen LogP contribution >= 0.6 is 0 Å². The molecule has 0 atom stereocenters. The molecule has 5 nitrogen and oxygen atoms in total. The van der Waals surface area contributed by atoms with Gasteiger partial charge in [0.15, 0.2) is 9.84 Å². The van der Waals surface area contributed by atoms with Crippen molar-refractivity contribution in [3.63, 3.8) is 0 Å². The SMILES string of the molecule is COc1cc(-c2ccc(-c3cccc(S(C)(=O)=O)c3)cc2)[nH]n1. The number of nitrogens with one attached hydrogen (secondary N) is 1. The van der Waals surface area contributed by atoms with Gasteiger partial charge in [-0.1, -0.05) is 36.4 Å². The van der Waals surface area contributed by atoms with Gasteiger partial charge in [0.25, 0.3) is 0 Å². The Morgan fingerprint density at radius 1 is 0.957 bits per heavy atom. The van der Waals surface area contributed by atoms with Crippen molar-refractivity contribution in [1.29, 1.82) is 0 Å². The molecule has 0 amide bonds. The second-order valence-corrected chi connectivity index (χ2v) is 7.22. The first-order valence-corrected chi connectivity index (χ1v) is 8.87. The van der Waals surface area contributed by atoms with E-state index in [0.717, 1.165) is 22.4 Å². The Balaban J connectivity index is 1.93. The Bertz CT molecular complexity index is 928. The number of methoxy groups -OCH3 is 1. The number of hydrogen-bond acceptors (Lipinski definition) is 4. The maximum absolute atomic E-state index is 11.7. The number of H-pyrrole nitrogens is 1. The van der Waals surface area contributed by atoms with Crippen LogP contribution in [0.15, 0.2) is 59.5 Å². The molecule has 3 aromatic rings. The molecule has 1 aromatic heterocycles. The van der Waals surface area contributed by atoms with Gasteiger partial charge in [-0.15, -0.1) is 5.10 Å². The fourth-order valence-electron chi connectivity index (χ4n) is 2.30. The van der Waals surface area contributed by atoms with Gasteiger partial charge < -0.3 is 4.74 Å². The lowest BCUT2D eigenvalue weighted by molar-refractivity contribution is 0.397. The van der Waals surface area contributed by atoms with Gasteiger partial charge in [0.05, 0.1) is 17.7 Å². The molecule has 1 N–H and O–H groups in total. The summed E-state index contributed by atoms with van der Waals surface area (Å²) >= 11 is 0. The van der Waals surface area contributed by atoms with Crippen LogP contribution in [0.3, 0.4) is 0 Å². The summed E-state index contributed by atoms with van der Waals surface area (Å²) in [5.41, 5.74) is 3.65. The standard InChI is InChI=1S/C17H16N2O3S/c1-22-17-11-16(18-19-17)13-8-6-12(7-9-13)14-4-3-5-15(10-14)23(2,20)21/h3-11H,1-2H3,(H,18,19). The molecule has 23 heavy (non-hydrogen) atoms. The first-order valence-electron chi connectivity index (χ1n) is 6.98. The molecule has 0 spiro atoms. The summed E-state index contributed by atoms with van der Waals surface area (Å²) in [6.07, 6.45) is 1.21. The van der Waals surface area contributed by atoms with Crippen molar-refractivity contribution in [3.05, 3.63) is 54.6 Å². The van der Waals surface area contributed by atoms with E-state index >= 15 is 0 Å². The highest BCUT2D eigenvalue weighted by Crippen LogP contribution is 2.26. The van der Waals surface area contributed by atoms with Gasteiger partial charge in [-0.25, -0.2) is 8.42 Å². The zero-order valence-corrected chi connectivity index (χ0v) is 13.6. The molecule has 0 bridgehead atoms. The molecule has 0 aliphatic rings. The number of ether oxygens (including phenoxy) is 1. The monoisotopic (exact) mass is 328 g/mol. The summed E-state index contributed by atoms with van der Waals surface area (Å²) in [5.74, 6) is 0.532. The van der Waals surface area contributed by atoms with E-state index in [4.69, 9.17) is 4.74 Å². The number of rotatable bonds is 4. The predicted octanol–water partition coefficient (Wildman–Crippen LogP) is 3.16. The van der Waals surface area contributed by atoms with E-state index in [9.17, 15) is 8.42 Å². The van der Waals surface area contributed by atoms with Gasteiger partial charge in [-0.05, 0) is 28.8 Å². The zero-order valence-electron chi connectivity index (χ0n) is 12.8. The highest BCUT2D eigenvalue weighted by atomic mass is 32.2. The fourth-order valence-corrected chi connectivity index (χ4v) is 2.97. The third-order valence-corrected chi connectivity index (χ3v) is 4.67. The van der Waals surface area contributed by atoms with E-state index in [2.05, 4.69) is 10.2 Å². The van der Waals surface area contributed by atoms with Crippen molar-refractivity contribution in [2.24, 2.45) is 0 Å². The molecule has 0 saturated carbocycles. The molecule has 1 heterocycles. The molecule has 0 saturated heterocycles. The molecule has 118 valence electrons. The van der Waals surface area contributed by atoms with Crippen LogP contribution in [0.2, 0.25) is 0 Å². The van der Waals surface area contributed by atoms with Crippen LogP contribution in [0.1, 0.15) is 0 Å². The van der Waals surface area contributed by atoms with E-state index in [1.165, 1.54) is 6.26 Å². The van der Waals surface area contributed by atoms with Crippen molar-refractivity contribution >= 4 is 9.84 Å². The molecule has 3 rings (SSSR count). The lowest BCUT2D eigenvalue weighted by Crippen LogP contribution is -1.96. The summed E-state index contributed by atoms with van der Waals surface area (Å²) in [6, 6.07) is 16.5. The lowest BCUT2D eigenvalue weighted by Gasteiger charge is -2.05. The molecule has 2 aromatic carbocycles. The van der Waals surface area contributed by atoms with E-state index < -0.39 is 9.84 Å². The molecule has 0 aliphatic carbocycles. The highest BCUT2D eigenvalue weighted by Gasteiger charge is 2.09. The molecule has 6 heteroatoms. The average molecular weight is 328 g/mol. The van der Waals surface area contributed by atoms with Crippen LogP contribution in [0, 0.1) is 0 Å². The van der Waals surface area contributed by atoms with Crippen molar-refractivity contribution in [1.82, 2.24) is 10.2 Å². The Morgan fingerprint density at radius 3 is 2.26 bits per heavy atom. The molecule has 0 radical (unpaired) electrons.